The standard InChI is InChI=1S/C12H23NO2/c1-4-12(5-2,11(14)10-15-3)13-8-6-7-9-13/h4-10H2,1-3H3. The Balaban J connectivity index is 2.79. The third-order valence-corrected chi connectivity index (χ3v) is 3.68. The SMILES string of the molecule is CCC(CC)(C(=O)COC)N1CCCC1. The lowest BCUT2D eigenvalue weighted by atomic mass is 9.86. The molecule has 15 heavy (non-hydrogen) atoms. The monoisotopic (exact) mass is 213 g/mol. The van der Waals surface area contributed by atoms with Gasteiger partial charge in [0.2, 0.25) is 0 Å². The van der Waals surface area contributed by atoms with Gasteiger partial charge in [-0.25, -0.2) is 0 Å². The lowest BCUT2D eigenvalue weighted by Gasteiger charge is -2.39. The number of rotatable bonds is 6. The first-order chi connectivity index (χ1) is 7.21. The van der Waals surface area contributed by atoms with Gasteiger partial charge >= 0.3 is 0 Å². The van der Waals surface area contributed by atoms with E-state index in [-0.39, 0.29) is 17.9 Å². The second-order valence-corrected chi connectivity index (χ2v) is 4.29. The molecule has 3 nitrogen and oxygen atoms in total. The third-order valence-electron chi connectivity index (χ3n) is 3.68. The molecule has 1 rings (SSSR count). The summed E-state index contributed by atoms with van der Waals surface area (Å²) < 4.78 is 5.00. The molecule has 0 aliphatic carbocycles. The molecule has 1 heterocycles. The summed E-state index contributed by atoms with van der Waals surface area (Å²) in [7, 11) is 1.60. The summed E-state index contributed by atoms with van der Waals surface area (Å²) in [5, 5.41) is 0. The van der Waals surface area contributed by atoms with Crippen molar-refractivity contribution in [3.8, 4) is 0 Å². The highest BCUT2D eigenvalue weighted by molar-refractivity contribution is 5.89. The number of carbonyl (C=O) groups excluding carboxylic acids is 1. The number of hydrogen-bond donors (Lipinski definition) is 0. The van der Waals surface area contributed by atoms with Crippen LogP contribution in [-0.2, 0) is 9.53 Å². The summed E-state index contributed by atoms with van der Waals surface area (Å²) in [5.74, 6) is 0.247. The number of methoxy groups -OCH3 is 1. The van der Waals surface area contributed by atoms with Crippen molar-refractivity contribution in [2.24, 2.45) is 0 Å². The predicted molar refractivity (Wildman–Crippen MR) is 61.0 cm³/mol. The van der Waals surface area contributed by atoms with E-state index in [0.717, 1.165) is 25.9 Å². The van der Waals surface area contributed by atoms with E-state index in [0.29, 0.717) is 0 Å². The van der Waals surface area contributed by atoms with Crippen molar-refractivity contribution in [1.29, 1.82) is 0 Å². The fourth-order valence-electron chi connectivity index (χ4n) is 2.68. The minimum absolute atomic E-state index is 0.247. The second-order valence-electron chi connectivity index (χ2n) is 4.29. The van der Waals surface area contributed by atoms with Crippen LogP contribution in [0.1, 0.15) is 39.5 Å². The van der Waals surface area contributed by atoms with Crippen molar-refractivity contribution in [2.45, 2.75) is 45.1 Å². The van der Waals surface area contributed by atoms with E-state index in [9.17, 15) is 4.79 Å². The van der Waals surface area contributed by atoms with Crippen molar-refractivity contribution < 1.29 is 9.53 Å². The van der Waals surface area contributed by atoms with Gasteiger partial charge in [-0.3, -0.25) is 9.69 Å². The van der Waals surface area contributed by atoms with Crippen molar-refractivity contribution in [3.63, 3.8) is 0 Å². The molecule has 0 aromatic carbocycles. The van der Waals surface area contributed by atoms with Crippen molar-refractivity contribution in [1.82, 2.24) is 4.90 Å². The maximum Gasteiger partial charge on any atom is 0.178 e. The minimum Gasteiger partial charge on any atom is -0.377 e. The zero-order valence-electron chi connectivity index (χ0n) is 10.2. The van der Waals surface area contributed by atoms with Crippen molar-refractivity contribution in [2.75, 3.05) is 26.8 Å². The van der Waals surface area contributed by atoms with E-state index in [1.54, 1.807) is 7.11 Å². The van der Waals surface area contributed by atoms with Gasteiger partial charge in [0.1, 0.15) is 6.61 Å². The maximum absolute atomic E-state index is 12.1. The molecule has 3 heteroatoms. The zero-order valence-corrected chi connectivity index (χ0v) is 10.2. The normalized spacial score (nSPS) is 18.3. The molecule has 0 amide bonds. The van der Waals surface area contributed by atoms with Gasteiger partial charge in [0.15, 0.2) is 5.78 Å². The summed E-state index contributed by atoms with van der Waals surface area (Å²) in [6.45, 7) is 6.59. The smallest absolute Gasteiger partial charge is 0.178 e. The number of nitrogens with zero attached hydrogens (tertiary/aromatic N) is 1. The number of hydrogen-bond acceptors (Lipinski definition) is 3. The van der Waals surface area contributed by atoms with Crippen molar-refractivity contribution >= 4 is 5.78 Å². The molecular weight excluding hydrogens is 190 g/mol. The molecule has 0 N–H and O–H groups in total. The quantitative estimate of drug-likeness (QED) is 0.674. The number of ketones is 1. The molecule has 0 unspecified atom stereocenters. The highest BCUT2D eigenvalue weighted by atomic mass is 16.5. The Kier molecular flexibility index (Phi) is 4.74. The summed E-state index contributed by atoms with van der Waals surface area (Å²) in [5.41, 5.74) is -0.257. The average Bonchev–Trinajstić information content (AvgIpc) is 2.75. The summed E-state index contributed by atoms with van der Waals surface area (Å²) in [4.78, 5) is 14.5. The van der Waals surface area contributed by atoms with Crippen LogP contribution in [0.4, 0.5) is 0 Å². The summed E-state index contributed by atoms with van der Waals surface area (Å²) >= 11 is 0. The molecule has 0 radical (unpaired) electrons. The van der Waals surface area contributed by atoms with E-state index in [4.69, 9.17) is 4.74 Å². The Bertz CT molecular complexity index is 206. The molecule has 1 aliphatic rings. The number of Topliss-reactive ketones (excluding diaryl/α,β-unsaturated/α-hetero) is 1. The molecule has 1 aliphatic heterocycles. The van der Waals surface area contributed by atoms with Crippen LogP contribution < -0.4 is 0 Å². The van der Waals surface area contributed by atoms with Crippen LogP contribution in [0.25, 0.3) is 0 Å². The van der Waals surface area contributed by atoms with E-state index >= 15 is 0 Å². The topological polar surface area (TPSA) is 29.5 Å². The summed E-state index contributed by atoms with van der Waals surface area (Å²) in [6.07, 6.45) is 4.24. The van der Waals surface area contributed by atoms with Crippen LogP contribution in [0, 0.1) is 0 Å². The molecular formula is C12H23NO2. The molecule has 0 spiro atoms. The molecule has 0 aromatic rings. The second kappa shape index (κ2) is 5.61. The fraction of sp³-hybridized carbons (Fsp3) is 0.917. The number of likely N-dealkylation sites (tertiary alicyclic amines) is 1. The molecule has 88 valence electrons. The van der Waals surface area contributed by atoms with Crippen LogP contribution in [0.15, 0.2) is 0 Å². The van der Waals surface area contributed by atoms with Gasteiger partial charge in [-0.1, -0.05) is 13.8 Å². The van der Waals surface area contributed by atoms with Crippen molar-refractivity contribution in [3.05, 3.63) is 0 Å². The van der Waals surface area contributed by atoms with Gasteiger partial charge in [-0.2, -0.15) is 0 Å². The lowest BCUT2D eigenvalue weighted by Crippen LogP contribution is -2.54. The van der Waals surface area contributed by atoms with Gasteiger partial charge in [-0.15, -0.1) is 0 Å². The molecule has 1 saturated heterocycles. The molecule has 0 bridgehead atoms. The van der Waals surface area contributed by atoms with Crippen LogP contribution in [0.3, 0.4) is 0 Å². The average molecular weight is 213 g/mol. The Morgan fingerprint density at radius 2 is 1.80 bits per heavy atom. The van der Waals surface area contributed by atoms with E-state index in [2.05, 4.69) is 18.7 Å². The Labute approximate surface area is 92.8 Å². The predicted octanol–water partition coefficient (Wildman–Crippen LogP) is 1.86. The first-order valence-electron chi connectivity index (χ1n) is 5.98. The van der Waals surface area contributed by atoms with Gasteiger partial charge in [0, 0.05) is 7.11 Å². The van der Waals surface area contributed by atoms with E-state index < -0.39 is 0 Å². The largest absolute Gasteiger partial charge is 0.377 e. The van der Waals surface area contributed by atoms with Crippen LogP contribution in [-0.4, -0.2) is 43.0 Å². The molecule has 0 atom stereocenters. The van der Waals surface area contributed by atoms with Gasteiger partial charge in [-0.05, 0) is 38.8 Å². The van der Waals surface area contributed by atoms with E-state index in [1.165, 1.54) is 12.8 Å². The van der Waals surface area contributed by atoms with Gasteiger partial charge in [0.25, 0.3) is 0 Å². The molecule has 0 aromatic heterocycles. The number of ether oxygens (including phenoxy) is 1. The van der Waals surface area contributed by atoms with Crippen LogP contribution in [0.2, 0.25) is 0 Å². The van der Waals surface area contributed by atoms with Gasteiger partial charge < -0.3 is 4.74 Å². The third kappa shape index (κ3) is 2.40. The highest BCUT2D eigenvalue weighted by Gasteiger charge is 2.41. The maximum atomic E-state index is 12.1. The molecule has 1 fully saturated rings. The minimum atomic E-state index is -0.257. The Morgan fingerprint density at radius 1 is 1.27 bits per heavy atom. The first-order valence-corrected chi connectivity index (χ1v) is 5.98. The zero-order chi connectivity index (χ0) is 11.3. The van der Waals surface area contributed by atoms with Crippen LogP contribution in [0.5, 0.6) is 0 Å². The van der Waals surface area contributed by atoms with E-state index in [1.807, 2.05) is 0 Å². The number of carbonyl (C=O) groups is 1. The Hall–Kier alpha value is -0.410. The summed E-state index contributed by atoms with van der Waals surface area (Å²) in [6, 6.07) is 0. The highest BCUT2D eigenvalue weighted by Crippen LogP contribution is 2.29. The first kappa shape index (κ1) is 12.7. The fourth-order valence-corrected chi connectivity index (χ4v) is 2.68. The molecule has 0 saturated carbocycles. The van der Waals surface area contributed by atoms with Gasteiger partial charge in [0.05, 0.1) is 5.54 Å². The van der Waals surface area contributed by atoms with Crippen LogP contribution >= 0.6 is 0 Å². The Morgan fingerprint density at radius 3 is 2.20 bits per heavy atom. The lowest BCUT2D eigenvalue weighted by molar-refractivity contribution is -0.135.